The van der Waals surface area contributed by atoms with Crippen molar-refractivity contribution in [3.8, 4) is 0 Å². The Kier molecular flexibility index (Phi) is 6.61. The van der Waals surface area contributed by atoms with Crippen LogP contribution in [0.3, 0.4) is 0 Å². The van der Waals surface area contributed by atoms with Crippen LogP contribution in [0.25, 0.3) is 0 Å². The lowest BCUT2D eigenvalue weighted by molar-refractivity contribution is 0.333. The summed E-state index contributed by atoms with van der Waals surface area (Å²) in [5.74, 6) is 0.551. The number of aromatic nitrogens is 1. The highest BCUT2D eigenvalue weighted by Crippen LogP contribution is 2.24. The Morgan fingerprint density at radius 3 is 2.24 bits per heavy atom. The lowest BCUT2D eigenvalue weighted by Crippen LogP contribution is -2.37. The molecule has 0 unspecified atom stereocenters. The number of anilines is 1. The van der Waals surface area contributed by atoms with E-state index in [2.05, 4.69) is 10.3 Å². The maximum atomic E-state index is 12.9. The van der Waals surface area contributed by atoms with Gasteiger partial charge in [0.2, 0.25) is 10.0 Å². The molecule has 6 heteroatoms. The predicted octanol–water partition coefficient (Wildman–Crippen LogP) is 2.82. The average molecular weight is 313 g/mol. The molecule has 1 aromatic rings. The van der Waals surface area contributed by atoms with Crippen molar-refractivity contribution in [2.45, 2.75) is 39.5 Å². The normalized spacial score (nSPS) is 12.4. The largest absolute Gasteiger partial charge is 0.384 e. The molecule has 1 N–H and O–H groups in total. The summed E-state index contributed by atoms with van der Waals surface area (Å²) in [5, 5.41) is 3.10. The molecule has 0 saturated heterocycles. The minimum atomic E-state index is -3.54. The van der Waals surface area contributed by atoms with Crippen molar-refractivity contribution >= 4 is 15.7 Å². The van der Waals surface area contributed by atoms with Crippen molar-refractivity contribution in [1.29, 1.82) is 0 Å². The second-order valence-electron chi connectivity index (χ2n) is 6.01. The molecular weight excluding hydrogens is 286 g/mol. The predicted molar refractivity (Wildman–Crippen MR) is 86.8 cm³/mol. The number of nitrogens with zero attached hydrogens (tertiary/aromatic N) is 2. The van der Waals surface area contributed by atoms with Gasteiger partial charge in [-0.1, -0.05) is 27.7 Å². The Labute approximate surface area is 128 Å². The summed E-state index contributed by atoms with van der Waals surface area (Å²) in [6.07, 6.45) is 3.03. The first-order valence-electron chi connectivity index (χ1n) is 7.47. The molecule has 0 aliphatic carbocycles. The van der Waals surface area contributed by atoms with Gasteiger partial charge in [0.15, 0.2) is 0 Å². The zero-order chi connectivity index (χ0) is 16.0. The monoisotopic (exact) mass is 313 g/mol. The summed E-state index contributed by atoms with van der Waals surface area (Å²) in [7, 11) is -3.54. The maximum absolute atomic E-state index is 12.9. The van der Waals surface area contributed by atoms with Gasteiger partial charge >= 0.3 is 0 Å². The molecule has 0 bridgehead atoms. The SMILES string of the molecule is CCNc1ccncc1S(=O)(=O)N(CC(C)C)CC(C)C. The zero-order valence-corrected chi connectivity index (χ0v) is 14.4. The zero-order valence-electron chi connectivity index (χ0n) is 13.6. The quantitative estimate of drug-likeness (QED) is 0.801. The van der Waals surface area contributed by atoms with Crippen molar-refractivity contribution in [2.75, 3.05) is 25.0 Å². The summed E-state index contributed by atoms with van der Waals surface area (Å²) in [4.78, 5) is 4.25. The van der Waals surface area contributed by atoms with Gasteiger partial charge in [-0.2, -0.15) is 4.31 Å². The van der Waals surface area contributed by atoms with E-state index in [9.17, 15) is 8.42 Å². The molecule has 0 spiro atoms. The highest BCUT2D eigenvalue weighted by atomic mass is 32.2. The minimum absolute atomic E-state index is 0.258. The lowest BCUT2D eigenvalue weighted by atomic mass is 10.2. The van der Waals surface area contributed by atoms with Crippen LogP contribution in [0.15, 0.2) is 23.4 Å². The van der Waals surface area contributed by atoms with Gasteiger partial charge in [-0.3, -0.25) is 4.98 Å². The number of rotatable bonds is 8. The topological polar surface area (TPSA) is 62.3 Å². The Morgan fingerprint density at radius 2 is 1.76 bits per heavy atom. The van der Waals surface area contributed by atoms with Gasteiger partial charge in [-0.15, -0.1) is 0 Å². The molecule has 1 rings (SSSR count). The van der Waals surface area contributed by atoms with Crippen LogP contribution in [0.2, 0.25) is 0 Å². The number of pyridine rings is 1. The molecule has 120 valence electrons. The molecule has 0 aromatic carbocycles. The summed E-state index contributed by atoms with van der Waals surface area (Å²) in [6.45, 7) is 11.7. The fourth-order valence-electron chi connectivity index (χ4n) is 2.15. The van der Waals surface area contributed by atoms with Crippen LogP contribution in [-0.2, 0) is 10.0 Å². The Morgan fingerprint density at radius 1 is 1.19 bits per heavy atom. The lowest BCUT2D eigenvalue weighted by Gasteiger charge is -2.26. The van der Waals surface area contributed by atoms with Crippen LogP contribution in [0, 0.1) is 11.8 Å². The third-order valence-corrected chi connectivity index (χ3v) is 4.77. The van der Waals surface area contributed by atoms with E-state index in [1.165, 1.54) is 6.20 Å². The molecule has 21 heavy (non-hydrogen) atoms. The van der Waals surface area contributed by atoms with Crippen LogP contribution in [0.1, 0.15) is 34.6 Å². The first kappa shape index (κ1) is 17.9. The van der Waals surface area contributed by atoms with Crippen molar-refractivity contribution < 1.29 is 8.42 Å². The van der Waals surface area contributed by atoms with Gasteiger partial charge in [0, 0.05) is 32.0 Å². The van der Waals surface area contributed by atoms with Crippen molar-refractivity contribution in [1.82, 2.24) is 9.29 Å². The summed E-state index contributed by atoms with van der Waals surface area (Å²) >= 11 is 0. The van der Waals surface area contributed by atoms with Gasteiger partial charge in [-0.25, -0.2) is 8.42 Å². The van der Waals surface area contributed by atoms with Crippen molar-refractivity contribution in [2.24, 2.45) is 11.8 Å². The van der Waals surface area contributed by atoms with E-state index in [-0.39, 0.29) is 16.7 Å². The highest BCUT2D eigenvalue weighted by Gasteiger charge is 2.28. The second-order valence-corrected chi connectivity index (χ2v) is 7.92. The number of sulfonamides is 1. The standard InChI is InChI=1S/C15H27N3O2S/c1-6-17-14-7-8-16-9-15(14)21(19,20)18(10-12(2)3)11-13(4)5/h7-9,12-13H,6,10-11H2,1-5H3,(H,16,17). The van der Waals surface area contributed by atoms with Crippen LogP contribution in [0.4, 0.5) is 5.69 Å². The Balaban J connectivity index is 3.21. The molecule has 1 heterocycles. The molecule has 0 aliphatic rings. The van der Waals surface area contributed by atoms with Crippen molar-refractivity contribution in [3.63, 3.8) is 0 Å². The van der Waals surface area contributed by atoms with E-state index in [0.717, 1.165) is 0 Å². The molecule has 0 aliphatic heterocycles. The van der Waals surface area contributed by atoms with Crippen LogP contribution in [0.5, 0.6) is 0 Å². The third kappa shape index (κ3) is 4.97. The second kappa shape index (κ2) is 7.75. The minimum Gasteiger partial charge on any atom is -0.384 e. The van der Waals surface area contributed by atoms with E-state index in [1.807, 2.05) is 34.6 Å². The first-order valence-corrected chi connectivity index (χ1v) is 8.91. The van der Waals surface area contributed by atoms with Gasteiger partial charge < -0.3 is 5.32 Å². The average Bonchev–Trinajstić information content (AvgIpc) is 2.37. The fraction of sp³-hybridized carbons (Fsp3) is 0.667. The number of hydrogen-bond acceptors (Lipinski definition) is 4. The Hall–Kier alpha value is -1.14. The van der Waals surface area contributed by atoms with Crippen LogP contribution < -0.4 is 5.32 Å². The summed E-state index contributed by atoms with van der Waals surface area (Å²) in [5.41, 5.74) is 0.616. The van der Waals surface area contributed by atoms with E-state index >= 15 is 0 Å². The van der Waals surface area contributed by atoms with Gasteiger partial charge in [0.1, 0.15) is 4.90 Å². The maximum Gasteiger partial charge on any atom is 0.246 e. The van der Waals surface area contributed by atoms with E-state index in [0.29, 0.717) is 25.3 Å². The number of hydrogen-bond donors (Lipinski definition) is 1. The molecule has 0 fully saturated rings. The number of nitrogens with one attached hydrogen (secondary N) is 1. The van der Waals surface area contributed by atoms with Gasteiger partial charge in [0.05, 0.1) is 5.69 Å². The smallest absolute Gasteiger partial charge is 0.246 e. The third-order valence-electron chi connectivity index (χ3n) is 2.91. The van der Waals surface area contributed by atoms with Crippen LogP contribution >= 0.6 is 0 Å². The molecule has 0 radical (unpaired) electrons. The molecule has 0 saturated carbocycles. The molecule has 5 nitrogen and oxygen atoms in total. The van der Waals surface area contributed by atoms with Gasteiger partial charge in [0.25, 0.3) is 0 Å². The van der Waals surface area contributed by atoms with E-state index in [1.54, 1.807) is 16.6 Å². The first-order chi connectivity index (χ1) is 9.78. The highest BCUT2D eigenvalue weighted by molar-refractivity contribution is 7.89. The summed E-state index contributed by atoms with van der Waals surface area (Å²) in [6, 6.07) is 1.71. The van der Waals surface area contributed by atoms with Crippen LogP contribution in [-0.4, -0.2) is 37.3 Å². The van der Waals surface area contributed by atoms with E-state index in [4.69, 9.17) is 0 Å². The fourth-order valence-corrected chi connectivity index (χ4v) is 4.03. The molecule has 0 amide bonds. The van der Waals surface area contributed by atoms with Crippen molar-refractivity contribution in [3.05, 3.63) is 18.5 Å². The van der Waals surface area contributed by atoms with Gasteiger partial charge in [-0.05, 0) is 24.8 Å². The summed E-state index contributed by atoms with van der Waals surface area (Å²) < 4.78 is 27.5. The van der Waals surface area contributed by atoms with E-state index < -0.39 is 10.0 Å². The molecular formula is C15H27N3O2S. The molecule has 1 aromatic heterocycles. The molecule has 0 atom stereocenters. The Bertz CT molecular complexity index is 532.